The monoisotopic (exact) mass is 309 g/mol. The van der Waals surface area contributed by atoms with E-state index in [-0.39, 0.29) is 0 Å². The molecule has 1 N–H and O–H groups in total. The van der Waals surface area contributed by atoms with Crippen molar-refractivity contribution in [3.05, 3.63) is 71.8 Å². The van der Waals surface area contributed by atoms with Crippen LogP contribution in [0.2, 0.25) is 0 Å². The van der Waals surface area contributed by atoms with Gasteiger partial charge in [0.15, 0.2) is 0 Å². The van der Waals surface area contributed by atoms with Gasteiger partial charge in [-0.2, -0.15) is 0 Å². The molecule has 1 fully saturated rings. The first-order valence-corrected chi connectivity index (χ1v) is 8.78. The van der Waals surface area contributed by atoms with E-state index >= 15 is 0 Å². The van der Waals surface area contributed by atoms with Crippen LogP contribution in [0.1, 0.15) is 49.8 Å². The fourth-order valence-electron chi connectivity index (χ4n) is 3.38. The summed E-state index contributed by atoms with van der Waals surface area (Å²) in [5, 5.41) is 3.77. The predicted octanol–water partition coefficient (Wildman–Crippen LogP) is 4.87. The topological polar surface area (TPSA) is 21.3 Å². The zero-order valence-electron chi connectivity index (χ0n) is 13.9. The van der Waals surface area contributed by atoms with Crippen LogP contribution in [-0.4, -0.2) is 12.1 Å². The van der Waals surface area contributed by atoms with Gasteiger partial charge in [0.2, 0.25) is 0 Å². The van der Waals surface area contributed by atoms with E-state index < -0.39 is 0 Å². The number of rotatable bonds is 6. The number of hydrogen-bond donors (Lipinski definition) is 1. The van der Waals surface area contributed by atoms with Crippen LogP contribution in [0.3, 0.4) is 0 Å². The number of ether oxygens (including phenoxy) is 1. The molecule has 1 saturated carbocycles. The van der Waals surface area contributed by atoms with Gasteiger partial charge in [-0.1, -0.05) is 60.7 Å². The Bertz CT molecular complexity index is 561. The average Bonchev–Trinajstić information content (AvgIpc) is 2.63. The first-order valence-electron chi connectivity index (χ1n) is 8.78. The van der Waals surface area contributed by atoms with Crippen molar-refractivity contribution in [3.8, 4) is 0 Å². The molecule has 0 spiro atoms. The molecule has 2 aromatic rings. The second-order valence-electron chi connectivity index (χ2n) is 6.57. The molecule has 2 heteroatoms. The van der Waals surface area contributed by atoms with Gasteiger partial charge in [0.25, 0.3) is 0 Å². The van der Waals surface area contributed by atoms with Crippen LogP contribution in [0.4, 0.5) is 0 Å². The lowest BCUT2D eigenvalue weighted by Gasteiger charge is -2.31. The Morgan fingerprint density at radius 2 is 1.52 bits per heavy atom. The standard InChI is InChI=1S/C21H27NO/c1-17(19-10-6-3-7-11-19)22-20-12-14-21(15-13-20)23-16-18-8-4-2-5-9-18/h2-11,17,20-22H,12-16H2,1H3/t17-,20?,21?/m1/s1. The minimum atomic E-state index is 0.417. The molecule has 2 aromatic carbocycles. The van der Waals surface area contributed by atoms with Crippen molar-refractivity contribution in [3.63, 3.8) is 0 Å². The molecule has 0 heterocycles. The van der Waals surface area contributed by atoms with E-state index in [1.807, 2.05) is 6.07 Å². The molecule has 3 rings (SSSR count). The van der Waals surface area contributed by atoms with Gasteiger partial charge >= 0.3 is 0 Å². The largest absolute Gasteiger partial charge is 0.374 e. The minimum Gasteiger partial charge on any atom is -0.374 e. The Hall–Kier alpha value is -1.64. The lowest BCUT2D eigenvalue weighted by Crippen LogP contribution is -2.36. The van der Waals surface area contributed by atoms with Crippen LogP contribution in [0.15, 0.2) is 60.7 Å². The summed E-state index contributed by atoms with van der Waals surface area (Å²) in [5.74, 6) is 0. The summed E-state index contributed by atoms with van der Waals surface area (Å²) in [6, 6.07) is 22.2. The van der Waals surface area contributed by atoms with Gasteiger partial charge in [-0.05, 0) is 43.7 Å². The van der Waals surface area contributed by atoms with Crippen LogP contribution in [0, 0.1) is 0 Å². The SMILES string of the molecule is C[C@@H](NC1CCC(OCc2ccccc2)CC1)c1ccccc1. The van der Waals surface area contributed by atoms with E-state index in [1.165, 1.54) is 24.0 Å². The summed E-state index contributed by atoms with van der Waals surface area (Å²) in [4.78, 5) is 0. The smallest absolute Gasteiger partial charge is 0.0720 e. The molecule has 0 aliphatic heterocycles. The van der Waals surface area contributed by atoms with E-state index in [0.29, 0.717) is 18.2 Å². The molecule has 0 radical (unpaired) electrons. The highest BCUT2D eigenvalue weighted by Gasteiger charge is 2.22. The number of benzene rings is 2. The highest BCUT2D eigenvalue weighted by molar-refractivity contribution is 5.18. The van der Waals surface area contributed by atoms with Crippen LogP contribution >= 0.6 is 0 Å². The Kier molecular flexibility index (Phi) is 5.84. The van der Waals surface area contributed by atoms with E-state index in [2.05, 4.69) is 66.8 Å². The molecule has 1 aliphatic carbocycles. The average molecular weight is 309 g/mol. The van der Waals surface area contributed by atoms with Crippen molar-refractivity contribution in [2.24, 2.45) is 0 Å². The van der Waals surface area contributed by atoms with E-state index in [1.54, 1.807) is 0 Å². The predicted molar refractivity (Wildman–Crippen MR) is 95.3 cm³/mol. The second kappa shape index (κ2) is 8.28. The molecular formula is C21H27NO. The summed E-state index contributed by atoms with van der Waals surface area (Å²) in [6.07, 6.45) is 5.14. The lowest BCUT2D eigenvalue weighted by molar-refractivity contribution is 0.0106. The highest BCUT2D eigenvalue weighted by atomic mass is 16.5. The highest BCUT2D eigenvalue weighted by Crippen LogP contribution is 2.24. The second-order valence-corrected chi connectivity index (χ2v) is 6.57. The van der Waals surface area contributed by atoms with Gasteiger partial charge < -0.3 is 10.1 Å². The summed E-state index contributed by atoms with van der Waals surface area (Å²) < 4.78 is 6.08. The molecule has 0 saturated heterocycles. The van der Waals surface area contributed by atoms with Gasteiger partial charge in [-0.15, -0.1) is 0 Å². The van der Waals surface area contributed by atoms with E-state index in [9.17, 15) is 0 Å². The molecule has 0 amide bonds. The molecule has 2 nitrogen and oxygen atoms in total. The van der Waals surface area contributed by atoms with E-state index in [0.717, 1.165) is 19.4 Å². The third-order valence-corrected chi connectivity index (χ3v) is 4.79. The minimum absolute atomic E-state index is 0.417. The normalized spacial score (nSPS) is 22.7. The van der Waals surface area contributed by atoms with E-state index in [4.69, 9.17) is 4.74 Å². The van der Waals surface area contributed by atoms with Crippen molar-refractivity contribution in [2.75, 3.05) is 0 Å². The number of hydrogen-bond acceptors (Lipinski definition) is 2. The Morgan fingerprint density at radius 1 is 0.913 bits per heavy atom. The quantitative estimate of drug-likeness (QED) is 0.822. The molecule has 1 aliphatic rings. The fourth-order valence-corrected chi connectivity index (χ4v) is 3.38. The van der Waals surface area contributed by atoms with Crippen LogP contribution in [0.5, 0.6) is 0 Å². The Labute approximate surface area is 139 Å². The van der Waals surface area contributed by atoms with Crippen LogP contribution in [0.25, 0.3) is 0 Å². The van der Waals surface area contributed by atoms with Gasteiger partial charge in [-0.3, -0.25) is 0 Å². The summed E-state index contributed by atoms with van der Waals surface area (Å²) >= 11 is 0. The lowest BCUT2D eigenvalue weighted by atomic mass is 9.92. The molecule has 0 aromatic heterocycles. The molecule has 0 unspecified atom stereocenters. The molecule has 23 heavy (non-hydrogen) atoms. The summed E-state index contributed by atoms with van der Waals surface area (Å²) in [7, 11) is 0. The molecule has 122 valence electrons. The first-order chi connectivity index (χ1) is 11.3. The molecule has 0 bridgehead atoms. The summed E-state index contributed by atoms with van der Waals surface area (Å²) in [6.45, 7) is 3.00. The third kappa shape index (κ3) is 4.92. The van der Waals surface area contributed by atoms with Crippen molar-refractivity contribution >= 4 is 0 Å². The van der Waals surface area contributed by atoms with Crippen LogP contribution < -0.4 is 5.32 Å². The van der Waals surface area contributed by atoms with Gasteiger partial charge in [0.05, 0.1) is 12.7 Å². The maximum absolute atomic E-state index is 6.08. The van der Waals surface area contributed by atoms with Crippen LogP contribution in [-0.2, 0) is 11.3 Å². The van der Waals surface area contributed by atoms with Gasteiger partial charge in [-0.25, -0.2) is 0 Å². The van der Waals surface area contributed by atoms with Crippen molar-refractivity contribution in [2.45, 2.75) is 57.4 Å². The zero-order valence-corrected chi connectivity index (χ0v) is 13.9. The van der Waals surface area contributed by atoms with Gasteiger partial charge in [0.1, 0.15) is 0 Å². The molecular weight excluding hydrogens is 282 g/mol. The first kappa shape index (κ1) is 16.2. The Balaban J connectivity index is 1.40. The van der Waals surface area contributed by atoms with Crippen molar-refractivity contribution < 1.29 is 4.74 Å². The van der Waals surface area contributed by atoms with Crippen molar-refractivity contribution in [1.82, 2.24) is 5.32 Å². The third-order valence-electron chi connectivity index (χ3n) is 4.79. The van der Waals surface area contributed by atoms with Crippen molar-refractivity contribution in [1.29, 1.82) is 0 Å². The summed E-state index contributed by atoms with van der Waals surface area (Å²) in [5.41, 5.74) is 2.64. The fraction of sp³-hybridized carbons (Fsp3) is 0.429. The number of nitrogens with one attached hydrogen (secondary N) is 1. The Morgan fingerprint density at radius 3 is 2.17 bits per heavy atom. The molecule has 1 atom stereocenters. The zero-order chi connectivity index (χ0) is 15.9. The maximum atomic E-state index is 6.08. The van der Waals surface area contributed by atoms with Gasteiger partial charge in [0, 0.05) is 12.1 Å². The maximum Gasteiger partial charge on any atom is 0.0720 e.